The molecule has 0 fully saturated rings. The van der Waals surface area contributed by atoms with E-state index in [-0.39, 0.29) is 6.54 Å². The van der Waals surface area contributed by atoms with E-state index >= 15 is 0 Å². The van der Waals surface area contributed by atoms with Crippen molar-refractivity contribution in [3.8, 4) is 0 Å². The number of aromatic amines is 1. The number of para-hydroxylation sites is 1. The number of aromatic nitrogens is 2. The molecule has 2 aromatic rings. The number of aryl methyl sites for hydroxylation is 1. The molecule has 1 heterocycles. The molecule has 0 aliphatic heterocycles. The van der Waals surface area contributed by atoms with Crippen LogP contribution in [0.4, 0.5) is 11.4 Å². The molecule has 0 aliphatic carbocycles. The Labute approximate surface area is 114 Å². The molecule has 4 N–H and O–H groups in total. The number of hydrogen-bond acceptors (Lipinski definition) is 4. The number of amides is 1. The average molecular weight is 274 g/mol. The summed E-state index contributed by atoms with van der Waals surface area (Å²) < 4.78 is 1.10. The standard InChI is InChI=1S/C13H14N4O3/c1-8-3-2-4-9(14)12(8)15-11(19)7-17-6-5-10(18)16-13(17)20/h2-6H,7,14H2,1H3,(H,15,19)(H,16,18,20). The van der Waals surface area contributed by atoms with Gasteiger partial charge in [-0.1, -0.05) is 12.1 Å². The van der Waals surface area contributed by atoms with Crippen molar-refractivity contribution < 1.29 is 4.79 Å². The molecule has 1 aromatic carbocycles. The smallest absolute Gasteiger partial charge is 0.328 e. The van der Waals surface area contributed by atoms with E-state index in [0.717, 1.165) is 10.1 Å². The third-order valence-corrected chi connectivity index (χ3v) is 2.78. The minimum atomic E-state index is -0.634. The Bertz CT molecular complexity index is 740. The van der Waals surface area contributed by atoms with E-state index in [1.165, 1.54) is 12.3 Å². The summed E-state index contributed by atoms with van der Waals surface area (Å²) in [5.74, 6) is -0.403. The lowest BCUT2D eigenvalue weighted by Gasteiger charge is -2.11. The number of nitrogens with zero attached hydrogens (tertiary/aromatic N) is 1. The topological polar surface area (TPSA) is 110 Å². The van der Waals surface area contributed by atoms with Crippen molar-refractivity contribution in [3.63, 3.8) is 0 Å². The van der Waals surface area contributed by atoms with Crippen LogP contribution in [0.3, 0.4) is 0 Å². The van der Waals surface area contributed by atoms with Crippen molar-refractivity contribution in [1.29, 1.82) is 0 Å². The van der Waals surface area contributed by atoms with Gasteiger partial charge in [0, 0.05) is 12.3 Å². The number of rotatable bonds is 3. The molecule has 7 nitrogen and oxygen atoms in total. The van der Waals surface area contributed by atoms with Gasteiger partial charge in [-0.25, -0.2) is 4.79 Å². The minimum absolute atomic E-state index is 0.205. The number of nitrogens with two attached hydrogens (primary N) is 1. The number of hydrogen-bond donors (Lipinski definition) is 3. The first-order valence-electron chi connectivity index (χ1n) is 5.92. The summed E-state index contributed by atoms with van der Waals surface area (Å²) in [4.78, 5) is 36.4. The zero-order valence-corrected chi connectivity index (χ0v) is 10.8. The number of benzene rings is 1. The van der Waals surface area contributed by atoms with E-state index in [2.05, 4.69) is 10.3 Å². The van der Waals surface area contributed by atoms with Gasteiger partial charge in [-0.2, -0.15) is 0 Å². The molecule has 0 aliphatic rings. The Hall–Kier alpha value is -2.83. The quantitative estimate of drug-likeness (QED) is 0.688. The lowest BCUT2D eigenvalue weighted by Crippen LogP contribution is -2.32. The molecule has 0 atom stereocenters. The molecule has 0 spiro atoms. The van der Waals surface area contributed by atoms with Crippen LogP contribution in [-0.2, 0) is 11.3 Å². The van der Waals surface area contributed by atoms with E-state index in [1.807, 2.05) is 13.0 Å². The first-order chi connectivity index (χ1) is 9.47. The number of anilines is 2. The fraction of sp³-hybridized carbons (Fsp3) is 0.154. The van der Waals surface area contributed by atoms with Gasteiger partial charge in [0.15, 0.2) is 0 Å². The highest BCUT2D eigenvalue weighted by Gasteiger charge is 2.09. The van der Waals surface area contributed by atoms with Gasteiger partial charge in [-0.05, 0) is 18.6 Å². The van der Waals surface area contributed by atoms with Crippen molar-refractivity contribution in [2.75, 3.05) is 11.1 Å². The first kappa shape index (κ1) is 13.6. The van der Waals surface area contributed by atoms with Crippen LogP contribution >= 0.6 is 0 Å². The van der Waals surface area contributed by atoms with E-state index in [0.29, 0.717) is 11.4 Å². The second kappa shape index (κ2) is 5.43. The lowest BCUT2D eigenvalue weighted by atomic mass is 10.1. The van der Waals surface area contributed by atoms with E-state index in [4.69, 9.17) is 5.73 Å². The van der Waals surface area contributed by atoms with Crippen molar-refractivity contribution in [2.24, 2.45) is 0 Å². The summed E-state index contributed by atoms with van der Waals surface area (Å²) in [6.07, 6.45) is 1.27. The molecule has 0 unspecified atom stereocenters. The third kappa shape index (κ3) is 2.94. The summed E-state index contributed by atoms with van der Waals surface area (Å²) in [5.41, 5.74) is 6.44. The zero-order valence-electron chi connectivity index (χ0n) is 10.8. The fourth-order valence-electron chi connectivity index (χ4n) is 1.76. The zero-order chi connectivity index (χ0) is 14.7. The number of nitrogens with one attached hydrogen (secondary N) is 2. The molecule has 0 bridgehead atoms. The molecule has 1 amide bonds. The normalized spacial score (nSPS) is 10.2. The van der Waals surface area contributed by atoms with Gasteiger partial charge in [0.2, 0.25) is 5.91 Å². The molecular weight excluding hydrogens is 260 g/mol. The van der Waals surface area contributed by atoms with E-state index < -0.39 is 17.2 Å². The Morgan fingerprint density at radius 1 is 1.35 bits per heavy atom. The van der Waals surface area contributed by atoms with Crippen LogP contribution in [0.15, 0.2) is 40.1 Å². The van der Waals surface area contributed by atoms with Gasteiger partial charge in [-0.15, -0.1) is 0 Å². The SMILES string of the molecule is Cc1cccc(N)c1NC(=O)Cn1ccc(=O)[nH]c1=O. The second-order valence-electron chi connectivity index (χ2n) is 4.33. The monoisotopic (exact) mass is 274 g/mol. The number of nitrogen functional groups attached to an aromatic ring is 1. The highest BCUT2D eigenvalue weighted by atomic mass is 16.2. The summed E-state index contributed by atoms with van der Waals surface area (Å²) in [6, 6.07) is 6.45. The number of carbonyl (C=O) groups excluding carboxylic acids is 1. The van der Waals surface area contributed by atoms with Crippen LogP contribution in [0.5, 0.6) is 0 Å². The lowest BCUT2D eigenvalue weighted by molar-refractivity contribution is -0.116. The Morgan fingerprint density at radius 3 is 2.75 bits per heavy atom. The highest BCUT2D eigenvalue weighted by molar-refractivity contribution is 5.94. The third-order valence-electron chi connectivity index (χ3n) is 2.78. The molecule has 0 saturated carbocycles. The maximum Gasteiger partial charge on any atom is 0.328 e. The van der Waals surface area contributed by atoms with Crippen LogP contribution in [0.1, 0.15) is 5.56 Å². The predicted octanol–water partition coefficient (Wildman–Crippen LogP) is 0.0659. The molecule has 7 heteroatoms. The summed E-state index contributed by atoms with van der Waals surface area (Å²) in [6.45, 7) is 1.61. The minimum Gasteiger partial charge on any atom is -0.397 e. The van der Waals surface area contributed by atoms with Gasteiger partial charge in [0.1, 0.15) is 6.54 Å². The predicted molar refractivity (Wildman–Crippen MR) is 75.5 cm³/mol. The second-order valence-corrected chi connectivity index (χ2v) is 4.33. The van der Waals surface area contributed by atoms with Gasteiger partial charge >= 0.3 is 5.69 Å². The van der Waals surface area contributed by atoms with Crippen molar-refractivity contribution in [1.82, 2.24) is 9.55 Å². The highest BCUT2D eigenvalue weighted by Crippen LogP contribution is 2.22. The van der Waals surface area contributed by atoms with Crippen LogP contribution in [0.2, 0.25) is 0 Å². The van der Waals surface area contributed by atoms with E-state index in [9.17, 15) is 14.4 Å². The molecule has 104 valence electrons. The Balaban J connectivity index is 2.17. The Kier molecular flexibility index (Phi) is 3.69. The van der Waals surface area contributed by atoms with Gasteiger partial charge in [0.25, 0.3) is 5.56 Å². The van der Waals surface area contributed by atoms with Crippen molar-refractivity contribution >= 4 is 17.3 Å². The molecule has 20 heavy (non-hydrogen) atoms. The molecule has 1 aromatic heterocycles. The summed E-state index contributed by atoms with van der Waals surface area (Å²) in [5, 5.41) is 2.65. The molecule has 0 saturated heterocycles. The number of carbonyl (C=O) groups is 1. The maximum atomic E-state index is 11.9. The maximum absolute atomic E-state index is 11.9. The van der Waals surface area contributed by atoms with Gasteiger partial charge in [0.05, 0.1) is 11.4 Å². The summed E-state index contributed by atoms with van der Waals surface area (Å²) in [7, 11) is 0. The van der Waals surface area contributed by atoms with Crippen molar-refractivity contribution in [3.05, 3.63) is 56.9 Å². The van der Waals surface area contributed by atoms with Crippen molar-refractivity contribution in [2.45, 2.75) is 13.5 Å². The molecule has 2 rings (SSSR count). The Morgan fingerprint density at radius 2 is 2.10 bits per heavy atom. The molecule has 0 radical (unpaired) electrons. The average Bonchev–Trinajstić information content (AvgIpc) is 2.37. The number of H-pyrrole nitrogens is 1. The van der Waals surface area contributed by atoms with Crippen LogP contribution in [-0.4, -0.2) is 15.5 Å². The van der Waals surface area contributed by atoms with Gasteiger partial charge < -0.3 is 11.1 Å². The molecular formula is C13H14N4O3. The van der Waals surface area contributed by atoms with E-state index in [1.54, 1.807) is 12.1 Å². The van der Waals surface area contributed by atoms with Gasteiger partial charge in [-0.3, -0.25) is 19.1 Å². The first-order valence-corrected chi connectivity index (χ1v) is 5.92. The van der Waals surface area contributed by atoms with Crippen LogP contribution in [0.25, 0.3) is 0 Å². The van der Waals surface area contributed by atoms with Crippen LogP contribution in [0, 0.1) is 6.92 Å². The fourth-order valence-corrected chi connectivity index (χ4v) is 1.76. The largest absolute Gasteiger partial charge is 0.397 e. The summed E-state index contributed by atoms with van der Waals surface area (Å²) >= 11 is 0. The van der Waals surface area contributed by atoms with Crippen LogP contribution < -0.4 is 22.3 Å².